The van der Waals surface area contributed by atoms with Gasteiger partial charge < -0.3 is 4.74 Å². The molecular weight excluding hydrogens is 162 g/mol. The summed E-state index contributed by atoms with van der Waals surface area (Å²) in [6.07, 6.45) is 2.13. The van der Waals surface area contributed by atoms with Gasteiger partial charge in [-0.1, -0.05) is 6.07 Å². The quantitative estimate of drug-likeness (QED) is 0.661. The van der Waals surface area contributed by atoms with Crippen molar-refractivity contribution in [2.45, 2.75) is 26.7 Å². The number of methoxy groups -OCH3 is 1. The number of aryl methyl sites for hydroxylation is 3. The molecule has 13 heavy (non-hydrogen) atoms. The van der Waals surface area contributed by atoms with E-state index in [0.29, 0.717) is 0 Å². The van der Waals surface area contributed by atoms with Crippen molar-refractivity contribution >= 4 is 0 Å². The topological polar surface area (TPSA) is 22.1 Å². The Morgan fingerprint density at radius 1 is 1.31 bits per heavy atom. The predicted molar refractivity (Wildman–Crippen MR) is 53.9 cm³/mol. The molecule has 2 nitrogen and oxygen atoms in total. The first-order valence-corrected chi connectivity index (χ1v) is 4.66. The summed E-state index contributed by atoms with van der Waals surface area (Å²) in [7, 11) is 1.74. The molecule has 0 saturated heterocycles. The molecule has 0 amide bonds. The molecule has 2 heteroatoms. The van der Waals surface area contributed by atoms with Crippen LogP contribution in [0.25, 0.3) is 0 Å². The average molecular weight is 179 g/mol. The van der Waals surface area contributed by atoms with E-state index in [2.05, 4.69) is 24.0 Å². The lowest BCUT2D eigenvalue weighted by molar-refractivity contribution is 0.195. The number of aromatic nitrogens is 1. The number of pyridine rings is 1. The van der Waals surface area contributed by atoms with E-state index < -0.39 is 0 Å². The van der Waals surface area contributed by atoms with Gasteiger partial charge in [-0.3, -0.25) is 4.98 Å². The molecule has 0 spiro atoms. The molecule has 1 heterocycles. The highest BCUT2D eigenvalue weighted by Gasteiger charge is 1.98. The van der Waals surface area contributed by atoms with E-state index >= 15 is 0 Å². The number of hydrogen-bond donors (Lipinski definition) is 0. The predicted octanol–water partition coefficient (Wildman–Crippen LogP) is 2.28. The maximum atomic E-state index is 5.01. The fourth-order valence-corrected chi connectivity index (χ4v) is 1.39. The van der Waals surface area contributed by atoms with Gasteiger partial charge in [0.15, 0.2) is 0 Å². The van der Waals surface area contributed by atoms with Crippen molar-refractivity contribution in [1.82, 2.24) is 4.98 Å². The molecule has 0 fully saturated rings. The van der Waals surface area contributed by atoms with Gasteiger partial charge >= 0.3 is 0 Å². The van der Waals surface area contributed by atoms with Crippen LogP contribution in [0.2, 0.25) is 0 Å². The third-order valence-corrected chi connectivity index (χ3v) is 2.13. The molecule has 0 aliphatic heterocycles. The summed E-state index contributed by atoms with van der Waals surface area (Å²) < 4.78 is 5.01. The highest BCUT2D eigenvalue weighted by Crippen LogP contribution is 2.08. The van der Waals surface area contributed by atoms with Crippen molar-refractivity contribution in [2.24, 2.45) is 0 Å². The van der Waals surface area contributed by atoms with Crippen LogP contribution in [-0.4, -0.2) is 18.7 Å². The monoisotopic (exact) mass is 179 g/mol. The SMILES string of the molecule is COCCCc1ccc(C)nc1C. The lowest BCUT2D eigenvalue weighted by Crippen LogP contribution is -1.97. The first kappa shape index (κ1) is 10.2. The normalized spacial score (nSPS) is 10.4. The van der Waals surface area contributed by atoms with Crippen LogP contribution < -0.4 is 0 Å². The van der Waals surface area contributed by atoms with Crippen LogP contribution in [0.3, 0.4) is 0 Å². The Balaban J connectivity index is 2.56. The summed E-state index contributed by atoms with van der Waals surface area (Å²) in [4.78, 5) is 4.41. The minimum Gasteiger partial charge on any atom is -0.385 e. The number of nitrogens with zero attached hydrogens (tertiary/aromatic N) is 1. The molecule has 1 rings (SSSR count). The third kappa shape index (κ3) is 3.15. The van der Waals surface area contributed by atoms with Crippen molar-refractivity contribution < 1.29 is 4.74 Å². The van der Waals surface area contributed by atoms with Gasteiger partial charge in [0.05, 0.1) is 0 Å². The van der Waals surface area contributed by atoms with E-state index in [0.717, 1.165) is 30.8 Å². The highest BCUT2D eigenvalue weighted by molar-refractivity contribution is 5.21. The Labute approximate surface area is 80.0 Å². The molecule has 0 bridgehead atoms. The van der Waals surface area contributed by atoms with Crippen molar-refractivity contribution in [3.05, 3.63) is 29.1 Å². The summed E-state index contributed by atoms with van der Waals surface area (Å²) >= 11 is 0. The zero-order valence-electron chi connectivity index (χ0n) is 8.63. The zero-order chi connectivity index (χ0) is 9.68. The Kier molecular flexibility index (Phi) is 3.90. The van der Waals surface area contributed by atoms with Crippen molar-refractivity contribution in [3.8, 4) is 0 Å². The van der Waals surface area contributed by atoms with E-state index in [1.54, 1.807) is 7.11 Å². The maximum absolute atomic E-state index is 5.01. The summed E-state index contributed by atoms with van der Waals surface area (Å²) in [6, 6.07) is 4.22. The molecule has 0 saturated carbocycles. The minimum absolute atomic E-state index is 0.827. The number of ether oxygens (including phenoxy) is 1. The largest absolute Gasteiger partial charge is 0.385 e. The fraction of sp³-hybridized carbons (Fsp3) is 0.545. The fourth-order valence-electron chi connectivity index (χ4n) is 1.39. The molecule has 0 unspecified atom stereocenters. The standard InChI is InChI=1S/C11H17NO/c1-9-6-7-11(10(2)12-9)5-4-8-13-3/h6-7H,4-5,8H2,1-3H3. The second-order valence-electron chi connectivity index (χ2n) is 3.29. The van der Waals surface area contributed by atoms with Gasteiger partial charge in [-0.2, -0.15) is 0 Å². The second-order valence-corrected chi connectivity index (χ2v) is 3.29. The van der Waals surface area contributed by atoms with Crippen LogP contribution in [0.4, 0.5) is 0 Å². The summed E-state index contributed by atoms with van der Waals surface area (Å²) in [5, 5.41) is 0. The molecule has 0 N–H and O–H groups in total. The van der Waals surface area contributed by atoms with Crippen LogP contribution in [-0.2, 0) is 11.2 Å². The Morgan fingerprint density at radius 2 is 2.08 bits per heavy atom. The Morgan fingerprint density at radius 3 is 2.69 bits per heavy atom. The van der Waals surface area contributed by atoms with Gasteiger partial charge in [0, 0.05) is 25.1 Å². The van der Waals surface area contributed by atoms with Crippen molar-refractivity contribution in [3.63, 3.8) is 0 Å². The second kappa shape index (κ2) is 4.97. The van der Waals surface area contributed by atoms with E-state index in [-0.39, 0.29) is 0 Å². The van der Waals surface area contributed by atoms with Gasteiger partial charge in [0.2, 0.25) is 0 Å². The van der Waals surface area contributed by atoms with Crippen molar-refractivity contribution in [2.75, 3.05) is 13.7 Å². The third-order valence-electron chi connectivity index (χ3n) is 2.13. The summed E-state index contributed by atoms with van der Waals surface area (Å²) in [5.41, 5.74) is 3.58. The van der Waals surface area contributed by atoms with E-state index in [1.165, 1.54) is 5.56 Å². The molecule has 0 aliphatic carbocycles. The smallest absolute Gasteiger partial charge is 0.0465 e. The lowest BCUT2D eigenvalue weighted by atomic mass is 10.1. The van der Waals surface area contributed by atoms with Gasteiger partial charge in [-0.25, -0.2) is 0 Å². The molecule has 72 valence electrons. The first-order chi connectivity index (χ1) is 6.24. The van der Waals surface area contributed by atoms with Gasteiger partial charge in [0.25, 0.3) is 0 Å². The molecule has 0 radical (unpaired) electrons. The molecule has 0 aromatic carbocycles. The van der Waals surface area contributed by atoms with Crippen LogP contribution in [0.5, 0.6) is 0 Å². The zero-order valence-corrected chi connectivity index (χ0v) is 8.63. The van der Waals surface area contributed by atoms with Crippen LogP contribution in [0.1, 0.15) is 23.4 Å². The molecule has 1 aromatic rings. The number of hydrogen-bond acceptors (Lipinski definition) is 2. The lowest BCUT2D eigenvalue weighted by Gasteiger charge is -2.05. The molecule has 0 atom stereocenters. The van der Waals surface area contributed by atoms with Crippen LogP contribution >= 0.6 is 0 Å². The van der Waals surface area contributed by atoms with E-state index in [9.17, 15) is 0 Å². The van der Waals surface area contributed by atoms with Gasteiger partial charge in [-0.05, 0) is 38.3 Å². The summed E-state index contributed by atoms with van der Waals surface area (Å²) in [5.74, 6) is 0. The minimum atomic E-state index is 0.827. The van der Waals surface area contributed by atoms with Crippen LogP contribution in [0.15, 0.2) is 12.1 Å². The van der Waals surface area contributed by atoms with E-state index in [4.69, 9.17) is 4.74 Å². The Bertz CT molecular complexity index is 271. The van der Waals surface area contributed by atoms with Crippen molar-refractivity contribution in [1.29, 1.82) is 0 Å². The summed E-state index contributed by atoms with van der Waals surface area (Å²) in [6.45, 7) is 4.91. The first-order valence-electron chi connectivity index (χ1n) is 4.66. The molecular formula is C11H17NO. The molecule has 0 aliphatic rings. The van der Waals surface area contributed by atoms with Crippen LogP contribution in [0, 0.1) is 13.8 Å². The average Bonchev–Trinajstić information content (AvgIpc) is 2.09. The van der Waals surface area contributed by atoms with Gasteiger partial charge in [0.1, 0.15) is 0 Å². The van der Waals surface area contributed by atoms with E-state index in [1.807, 2.05) is 6.92 Å². The number of rotatable bonds is 4. The maximum Gasteiger partial charge on any atom is 0.0465 e. The van der Waals surface area contributed by atoms with Gasteiger partial charge in [-0.15, -0.1) is 0 Å². The Hall–Kier alpha value is -0.890. The highest BCUT2D eigenvalue weighted by atomic mass is 16.5. The molecule has 1 aromatic heterocycles.